The topological polar surface area (TPSA) is 72.8 Å². The highest BCUT2D eigenvalue weighted by Crippen LogP contribution is 2.34. The fourth-order valence-corrected chi connectivity index (χ4v) is 2.30. The lowest BCUT2D eigenvalue weighted by Gasteiger charge is -2.21. The smallest absolute Gasteiger partial charge is 0.343 e. The maximum absolute atomic E-state index is 12.0. The summed E-state index contributed by atoms with van der Waals surface area (Å²) in [6.45, 7) is 1.63. The minimum absolute atomic E-state index is 0.0470. The average Bonchev–Trinajstić information content (AvgIpc) is 2.52. The van der Waals surface area contributed by atoms with Crippen molar-refractivity contribution in [3.05, 3.63) is 42.0 Å². The number of carbonyl (C=O) groups excluding carboxylic acids is 1. The van der Waals surface area contributed by atoms with E-state index in [4.69, 9.17) is 21.1 Å². The molecule has 1 N–H and O–H groups in total. The fourth-order valence-electron chi connectivity index (χ4n) is 2.12. The Balaban J connectivity index is 2.55. The van der Waals surface area contributed by atoms with Crippen LogP contribution in [0.1, 0.15) is 12.5 Å². The van der Waals surface area contributed by atoms with Gasteiger partial charge in [-0.1, -0.05) is 29.8 Å². The van der Waals surface area contributed by atoms with E-state index >= 15 is 0 Å². The van der Waals surface area contributed by atoms with Crippen LogP contribution in [0.25, 0.3) is 10.8 Å². The van der Waals surface area contributed by atoms with Gasteiger partial charge in [0.15, 0.2) is 0 Å². The lowest BCUT2D eigenvalue weighted by Crippen LogP contribution is -2.39. The van der Waals surface area contributed by atoms with E-state index in [1.165, 1.54) is 6.07 Å². The van der Waals surface area contributed by atoms with Crippen LogP contribution in [0, 0.1) is 0 Å². The van der Waals surface area contributed by atoms with Crippen molar-refractivity contribution in [3.63, 3.8) is 0 Å². The number of halogens is 1. The quantitative estimate of drug-likeness (QED) is 0.520. The van der Waals surface area contributed by atoms with Gasteiger partial charge in [0.25, 0.3) is 4.87 Å². The Kier molecular flexibility index (Phi) is 4.56. The van der Waals surface area contributed by atoms with Crippen molar-refractivity contribution in [1.82, 2.24) is 0 Å². The van der Waals surface area contributed by atoms with Gasteiger partial charge in [-0.25, -0.2) is 9.59 Å². The summed E-state index contributed by atoms with van der Waals surface area (Å²) in [7, 11) is 1.56. The van der Waals surface area contributed by atoms with Crippen LogP contribution in [0.2, 0.25) is 0 Å². The first kappa shape index (κ1) is 16.1. The van der Waals surface area contributed by atoms with Crippen LogP contribution in [0.3, 0.4) is 0 Å². The molecule has 2 aromatic carbocycles. The van der Waals surface area contributed by atoms with Gasteiger partial charge >= 0.3 is 11.9 Å². The number of methoxy groups -OCH3 is 1. The molecule has 0 radical (unpaired) electrons. The van der Waals surface area contributed by atoms with Gasteiger partial charge in [0.05, 0.1) is 13.7 Å². The summed E-state index contributed by atoms with van der Waals surface area (Å²) in [6.07, 6.45) is 0. The average molecular weight is 323 g/mol. The van der Waals surface area contributed by atoms with E-state index in [1.54, 1.807) is 44.4 Å². The molecule has 0 saturated carbocycles. The monoisotopic (exact) mass is 322 g/mol. The molecule has 5 nitrogen and oxygen atoms in total. The Bertz CT molecular complexity index is 728. The molecule has 0 aliphatic carbocycles. The van der Waals surface area contributed by atoms with Crippen LogP contribution in [-0.2, 0) is 19.2 Å². The summed E-state index contributed by atoms with van der Waals surface area (Å²) in [4.78, 5) is 21.3. The van der Waals surface area contributed by atoms with Crippen LogP contribution in [0.15, 0.2) is 36.4 Å². The van der Waals surface area contributed by atoms with Gasteiger partial charge in [-0.2, -0.15) is 0 Å². The van der Waals surface area contributed by atoms with Crippen LogP contribution >= 0.6 is 11.6 Å². The second-order valence-corrected chi connectivity index (χ2v) is 5.18. The molecule has 6 heteroatoms. The molecule has 0 amide bonds. The van der Waals surface area contributed by atoms with Crippen LogP contribution < -0.4 is 4.74 Å². The van der Waals surface area contributed by atoms with E-state index < -0.39 is 16.8 Å². The van der Waals surface area contributed by atoms with Gasteiger partial charge in [0.1, 0.15) is 5.75 Å². The van der Waals surface area contributed by atoms with Crippen molar-refractivity contribution in [2.24, 2.45) is 0 Å². The molecule has 1 atom stereocenters. The number of hydrogen-bond donors (Lipinski definition) is 1. The number of carboxylic acids is 1. The summed E-state index contributed by atoms with van der Waals surface area (Å²) >= 11 is 6.09. The van der Waals surface area contributed by atoms with Crippen molar-refractivity contribution in [2.45, 2.75) is 11.8 Å². The van der Waals surface area contributed by atoms with Crippen molar-refractivity contribution in [3.8, 4) is 5.75 Å². The van der Waals surface area contributed by atoms with Gasteiger partial charge in [-0.3, -0.25) is 0 Å². The molecular weight excluding hydrogens is 308 g/mol. The molecule has 22 heavy (non-hydrogen) atoms. The van der Waals surface area contributed by atoms with E-state index in [2.05, 4.69) is 0 Å². The molecule has 0 aliphatic heterocycles. The van der Waals surface area contributed by atoms with Crippen LogP contribution in [-0.4, -0.2) is 30.8 Å². The summed E-state index contributed by atoms with van der Waals surface area (Å²) in [5, 5.41) is 11.0. The number of alkyl halides is 1. The predicted molar refractivity (Wildman–Crippen MR) is 82.3 cm³/mol. The maximum atomic E-state index is 12.0. The Labute approximate surface area is 132 Å². The minimum Gasteiger partial charge on any atom is -0.497 e. The zero-order valence-corrected chi connectivity index (χ0v) is 12.9. The van der Waals surface area contributed by atoms with Crippen molar-refractivity contribution >= 4 is 34.3 Å². The van der Waals surface area contributed by atoms with E-state index in [0.29, 0.717) is 5.75 Å². The second-order valence-electron chi connectivity index (χ2n) is 4.61. The molecule has 0 heterocycles. The van der Waals surface area contributed by atoms with Gasteiger partial charge in [0, 0.05) is 0 Å². The zero-order chi connectivity index (χ0) is 16.3. The third-order valence-corrected chi connectivity index (χ3v) is 3.83. The molecule has 0 bridgehead atoms. The zero-order valence-electron chi connectivity index (χ0n) is 12.1. The van der Waals surface area contributed by atoms with Gasteiger partial charge in [-0.15, -0.1) is 0 Å². The number of hydrogen-bond acceptors (Lipinski definition) is 4. The second kappa shape index (κ2) is 6.23. The lowest BCUT2D eigenvalue weighted by molar-refractivity contribution is -0.156. The van der Waals surface area contributed by atoms with E-state index in [0.717, 1.165) is 10.8 Å². The lowest BCUT2D eigenvalue weighted by atomic mass is 9.95. The standard InChI is InChI=1S/C16H15ClO5/c1-3-22-15(20)16(17,14(18)19)12-6-4-11-9-13(21-2)7-5-10(11)8-12/h4-9H,3H2,1-2H3,(H,18,19). The third-order valence-electron chi connectivity index (χ3n) is 3.30. The summed E-state index contributed by atoms with van der Waals surface area (Å²) in [6, 6.07) is 10.1. The normalized spacial score (nSPS) is 13.4. The molecule has 1 unspecified atom stereocenters. The minimum atomic E-state index is -2.26. The van der Waals surface area contributed by atoms with Crippen LogP contribution in [0.5, 0.6) is 5.75 Å². The molecule has 0 aromatic heterocycles. The highest BCUT2D eigenvalue weighted by molar-refractivity contribution is 6.44. The Morgan fingerprint density at radius 3 is 2.41 bits per heavy atom. The Morgan fingerprint density at radius 2 is 1.82 bits per heavy atom. The Hall–Kier alpha value is -2.27. The summed E-state index contributed by atoms with van der Waals surface area (Å²) < 4.78 is 9.93. The van der Waals surface area contributed by atoms with Crippen molar-refractivity contribution in [1.29, 1.82) is 0 Å². The van der Waals surface area contributed by atoms with Crippen molar-refractivity contribution < 1.29 is 24.2 Å². The van der Waals surface area contributed by atoms with E-state index in [-0.39, 0.29) is 12.2 Å². The van der Waals surface area contributed by atoms with Gasteiger partial charge < -0.3 is 14.6 Å². The largest absolute Gasteiger partial charge is 0.497 e. The number of carboxylic acid groups (broad SMARTS) is 1. The predicted octanol–water partition coefficient (Wildman–Crippen LogP) is 2.93. The molecule has 0 fully saturated rings. The fraction of sp³-hybridized carbons (Fsp3) is 0.250. The molecule has 0 spiro atoms. The van der Waals surface area contributed by atoms with Crippen LogP contribution in [0.4, 0.5) is 0 Å². The Morgan fingerprint density at radius 1 is 1.18 bits per heavy atom. The number of carbonyl (C=O) groups is 2. The first-order chi connectivity index (χ1) is 10.4. The maximum Gasteiger partial charge on any atom is 0.343 e. The summed E-state index contributed by atoms with van der Waals surface area (Å²) in [5.41, 5.74) is 0.151. The SMILES string of the molecule is CCOC(=O)C(Cl)(C(=O)O)c1ccc2cc(OC)ccc2c1. The molecule has 0 saturated heterocycles. The highest BCUT2D eigenvalue weighted by atomic mass is 35.5. The first-order valence-corrected chi connectivity index (χ1v) is 6.99. The molecule has 0 aliphatic rings. The number of benzene rings is 2. The molecule has 2 rings (SSSR count). The number of ether oxygens (including phenoxy) is 2. The number of aliphatic carboxylic acids is 1. The molecule has 2 aromatic rings. The first-order valence-electron chi connectivity index (χ1n) is 6.61. The van der Waals surface area contributed by atoms with E-state index in [1.807, 2.05) is 0 Å². The number of esters is 1. The van der Waals surface area contributed by atoms with Gasteiger partial charge in [0.2, 0.25) is 0 Å². The third kappa shape index (κ3) is 2.72. The number of rotatable bonds is 5. The van der Waals surface area contributed by atoms with E-state index in [9.17, 15) is 14.7 Å². The molecule has 116 valence electrons. The summed E-state index contributed by atoms with van der Waals surface area (Å²) in [5.74, 6) is -1.79. The highest BCUT2D eigenvalue weighted by Gasteiger charge is 2.48. The van der Waals surface area contributed by atoms with Gasteiger partial charge in [-0.05, 0) is 41.5 Å². The van der Waals surface area contributed by atoms with Crippen molar-refractivity contribution in [2.75, 3.05) is 13.7 Å². The number of fused-ring (bicyclic) bond motifs is 1. The molecular formula is C16H15ClO5.